The maximum atomic E-state index is 13.0. The number of carbonyl (C=O) groups is 2. The monoisotopic (exact) mass is 483 g/mol. The van der Waals surface area contributed by atoms with E-state index in [0.717, 1.165) is 31.6 Å². The van der Waals surface area contributed by atoms with E-state index in [0.29, 0.717) is 22.6 Å². The molecular weight excluding hydrogens is 466 g/mol. The number of fused-ring (bicyclic) bond motifs is 3. The molecule has 0 radical (unpaired) electrons. The molecule has 0 aliphatic heterocycles. The van der Waals surface area contributed by atoms with Crippen LogP contribution in [-0.4, -0.2) is 16.6 Å². The maximum Gasteiger partial charge on any atom is 0.238 e. The molecule has 5 heteroatoms. The van der Waals surface area contributed by atoms with E-state index < -0.39 is 0 Å². The number of Topliss-reactive ketones (excluding diaryl/α,β-unsaturated/α-hetero) is 2. The Morgan fingerprint density at radius 2 is 1.25 bits per heavy atom. The molecule has 0 fully saturated rings. The van der Waals surface area contributed by atoms with Crippen molar-refractivity contribution in [3.63, 3.8) is 0 Å². The number of nitrogens with zero attached hydrogens (tertiary/aromatic N) is 1. The van der Waals surface area contributed by atoms with Gasteiger partial charge in [-0.3, -0.25) is 9.59 Å². The molecule has 1 aliphatic carbocycles. The van der Waals surface area contributed by atoms with E-state index in [1.807, 2.05) is 48.5 Å². The number of allylic oxidation sites excluding steroid dienone is 1. The molecule has 4 nitrogen and oxygen atoms in total. The minimum absolute atomic E-state index is 0.124. The first-order valence-electron chi connectivity index (χ1n) is 11.5. The van der Waals surface area contributed by atoms with Gasteiger partial charge in [0.2, 0.25) is 5.71 Å². The number of carbonyl (C=O) groups excluding carboxylic acids is 2. The Labute approximate surface area is 210 Å². The van der Waals surface area contributed by atoms with Gasteiger partial charge in [0.05, 0.1) is 10.3 Å². The van der Waals surface area contributed by atoms with Crippen molar-refractivity contribution in [2.45, 2.75) is 0 Å². The lowest BCUT2D eigenvalue weighted by Gasteiger charge is -2.02. The summed E-state index contributed by atoms with van der Waals surface area (Å²) in [6.07, 6.45) is 1.54. The largest absolute Gasteiger partial charge is 0.437 e. The number of rotatable bonds is 3. The Hall–Kier alpha value is -4.61. The van der Waals surface area contributed by atoms with Gasteiger partial charge in [-0.1, -0.05) is 78.9 Å². The van der Waals surface area contributed by atoms with Crippen LogP contribution in [0.15, 0.2) is 107 Å². The summed E-state index contributed by atoms with van der Waals surface area (Å²) < 4.78 is 6.78. The lowest BCUT2D eigenvalue weighted by atomic mass is 10.0. The van der Waals surface area contributed by atoms with Crippen molar-refractivity contribution >= 4 is 50.2 Å². The Kier molecular flexibility index (Phi) is 4.59. The van der Waals surface area contributed by atoms with Crippen LogP contribution < -0.4 is 0 Å². The molecule has 2 aromatic heterocycles. The average molecular weight is 484 g/mol. The van der Waals surface area contributed by atoms with Crippen LogP contribution in [0.25, 0.3) is 49.0 Å². The van der Waals surface area contributed by atoms with Crippen LogP contribution >= 0.6 is 11.3 Å². The first kappa shape index (κ1) is 20.7. The second kappa shape index (κ2) is 7.97. The van der Waals surface area contributed by atoms with Crippen molar-refractivity contribution in [3.05, 3.63) is 120 Å². The van der Waals surface area contributed by atoms with Gasteiger partial charge in [-0.05, 0) is 40.1 Å². The summed E-state index contributed by atoms with van der Waals surface area (Å²) in [5, 5.41) is 2.73. The van der Waals surface area contributed by atoms with Crippen LogP contribution in [0.1, 0.15) is 26.5 Å². The Bertz CT molecular complexity index is 1770. The number of furan rings is 1. The van der Waals surface area contributed by atoms with Crippen molar-refractivity contribution in [1.82, 2.24) is 4.98 Å². The van der Waals surface area contributed by atoms with E-state index in [1.54, 1.807) is 12.1 Å². The molecule has 6 aromatic rings. The van der Waals surface area contributed by atoms with Gasteiger partial charge >= 0.3 is 0 Å². The number of hydrogen-bond donors (Lipinski definition) is 0. The number of benzene rings is 4. The molecule has 4 aromatic carbocycles. The van der Waals surface area contributed by atoms with Crippen LogP contribution in [0.5, 0.6) is 0 Å². The molecule has 0 amide bonds. The van der Waals surface area contributed by atoms with Gasteiger partial charge in [0, 0.05) is 22.8 Å². The molecule has 36 heavy (non-hydrogen) atoms. The molecule has 0 bridgehead atoms. The number of hydrogen-bond acceptors (Lipinski definition) is 5. The summed E-state index contributed by atoms with van der Waals surface area (Å²) >= 11 is 1.52. The summed E-state index contributed by atoms with van der Waals surface area (Å²) in [5.41, 5.74) is 4.83. The number of ketones is 2. The third kappa shape index (κ3) is 3.33. The van der Waals surface area contributed by atoms with E-state index in [2.05, 4.69) is 41.4 Å². The molecule has 1 aliphatic rings. The fraction of sp³-hybridized carbons (Fsp3) is 0. The van der Waals surface area contributed by atoms with Crippen LogP contribution in [0.3, 0.4) is 0 Å². The normalized spacial score (nSPS) is 13.1. The van der Waals surface area contributed by atoms with Gasteiger partial charge in [0.25, 0.3) is 0 Å². The summed E-state index contributed by atoms with van der Waals surface area (Å²) in [6, 6.07) is 31.7. The van der Waals surface area contributed by atoms with E-state index >= 15 is 0 Å². The molecule has 0 atom stereocenters. The summed E-state index contributed by atoms with van der Waals surface area (Å²) in [6.45, 7) is 0. The van der Waals surface area contributed by atoms with Crippen molar-refractivity contribution in [2.75, 3.05) is 0 Å². The zero-order chi connectivity index (χ0) is 24.2. The minimum Gasteiger partial charge on any atom is -0.437 e. The highest BCUT2D eigenvalue weighted by Crippen LogP contribution is 2.36. The standard InChI is InChI=1S/C31H17NO3S/c33-28-24-14-21-8-4-5-9-22(21)15-25(24)29(34)26(28)16-23-17-27-30(35-23)32-31(36-27)20-12-10-19(11-13-20)18-6-2-1-3-7-18/h1-17H. The summed E-state index contributed by atoms with van der Waals surface area (Å²) in [5.74, 6) is -0.0934. The molecular formula is C31H17NO3S. The van der Waals surface area contributed by atoms with Gasteiger partial charge in [-0.25, -0.2) is 4.98 Å². The van der Waals surface area contributed by atoms with Crippen LogP contribution in [0, 0.1) is 0 Å². The second-order valence-corrected chi connectivity index (χ2v) is 9.77. The van der Waals surface area contributed by atoms with Gasteiger partial charge < -0.3 is 4.42 Å². The predicted molar refractivity (Wildman–Crippen MR) is 143 cm³/mol. The zero-order valence-corrected chi connectivity index (χ0v) is 19.7. The summed E-state index contributed by atoms with van der Waals surface area (Å²) in [7, 11) is 0. The SMILES string of the molecule is O=C1C(=Cc2cc3sc(-c4ccc(-c5ccccc5)cc4)nc3o2)C(=O)c2cc3ccccc3cc21. The van der Waals surface area contributed by atoms with Crippen molar-refractivity contribution in [2.24, 2.45) is 0 Å². The highest BCUT2D eigenvalue weighted by Gasteiger charge is 2.33. The zero-order valence-electron chi connectivity index (χ0n) is 18.9. The molecule has 0 unspecified atom stereocenters. The molecule has 2 heterocycles. The van der Waals surface area contributed by atoms with Crippen LogP contribution in [0.4, 0.5) is 0 Å². The van der Waals surface area contributed by atoms with E-state index in [4.69, 9.17) is 4.42 Å². The molecule has 0 spiro atoms. The molecule has 0 saturated heterocycles. The quantitative estimate of drug-likeness (QED) is 0.190. The Morgan fingerprint density at radius 1 is 0.667 bits per heavy atom. The smallest absolute Gasteiger partial charge is 0.238 e. The third-order valence-electron chi connectivity index (χ3n) is 6.50. The van der Waals surface area contributed by atoms with E-state index in [1.165, 1.54) is 23.0 Å². The lowest BCUT2D eigenvalue weighted by Crippen LogP contribution is -1.99. The Balaban J connectivity index is 1.19. The van der Waals surface area contributed by atoms with Crippen molar-refractivity contribution in [3.8, 4) is 21.7 Å². The molecule has 0 N–H and O–H groups in total. The highest BCUT2D eigenvalue weighted by atomic mass is 32.1. The fourth-order valence-electron chi connectivity index (χ4n) is 4.67. The first-order chi connectivity index (χ1) is 17.6. The van der Waals surface area contributed by atoms with E-state index in [9.17, 15) is 9.59 Å². The molecule has 7 rings (SSSR count). The lowest BCUT2D eigenvalue weighted by molar-refractivity contribution is 0.0990. The van der Waals surface area contributed by atoms with Gasteiger partial charge in [-0.15, -0.1) is 11.3 Å². The van der Waals surface area contributed by atoms with Gasteiger partial charge in [-0.2, -0.15) is 0 Å². The predicted octanol–water partition coefficient (Wildman–Crippen LogP) is 7.84. The number of thiazole rings is 1. The van der Waals surface area contributed by atoms with Crippen LogP contribution in [-0.2, 0) is 0 Å². The number of aromatic nitrogens is 1. The van der Waals surface area contributed by atoms with Crippen LogP contribution in [0.2, 0.25) is 0 Å². The Morgan fingerprint density at radius 3 is 1.89 bits per heavy atom. The van der Waals surface area contributed by atoms with Gasteiger partial charge in [0.15, 0.2) is 11.6 Å². The average Bonchev–Trinajstić information content (AvgIpc) is 3.56. The molecule has 170 valence electrons. The third-order valence-corrected chi connectivity index (χ3v) is 7.53. The van der Waals surface area contributed by atoms with Gasteiger partial charge in [0.1, 0.15) is 10.8 Å². The van der Waals surface area contributed by atoms with Crippen molar-refractivity contribution < 1.29 is 14.0 Å². The second-order valence-electron chi connectivity index (χ2n) is 8.74. The molecule has 0 saturated carbocycles. The summed E-state index contributed by atoms with van der Waals surface area (Å²) in [4.78, 5) is 30.7. The van der Waals surface area contributed by atoms with Crippen molar-refractivity contribution in [1.29, 1.82) is 0 Å². The topological polar surface area (TPSA) is 60.2 Å². The first-order valence-corrected chi connectivity index (χ1v) is 12.4. The van der Waals surface area contributed by atoms with E-state index in [-0.39, 0.29) is 17.1 Å². The fourth-order valence-corrected chi connectivity index (χ4v) is 5.61. The minimum atomic E-state index is -0.271. The maximum absolute atomic E-state index is 13.0. The highest BCUT2D eigenvalue weighted by molar-refractivity contribution is 7.21.